The van der Waals surface area contributed by atoms with Crippen molar-refractivity contribution in [3.05, 3.63) is 72.3 Å². The summed E-state index contributed by atoms with van der Waals surface area (Å²) in [5.74, 6) is 0. The van der Waals surface area contributed by atoms with Crippen molar-refractivity contribution < 1.29 is 9.53 Å². The highest BCUT2D eigenvalue weighted by atomic mass is 16.6. The maximum absolute atomic E-state index is 12.0. The summed E-state index contributed by atoms with van der Waals surface area (Å²) in [4.78, 5) is 20.1. The molecule has 126 valence electrons. The Balaban J connectivity index is 1.71. The molecule has 0 radical (unpaired) electrons. The number of hydrogen-bond donors (Lipinski definition) is 2. The number of benzene rings is 1. The van der Waals surface area contributed by atoms with Gasteiger partial charge >= 0.3 is 6.09 Å². The Kier molecular flexibility index (Phi) is 3.18. The first-order valence-corrected chi connectivity index (χ1v) is 8.09. The molecule has 1 aliphatic heterocycles. The number of fused-ring (bicyclic) bond motifs is 2. The van der Waals surface area contributed by atoms with Gasteiger partial charge in [0.1, 0.15) is 5.69 Å². The van der Waals surface area contributed by atoms with E-state index in [4.69, 9.17) is 4.74 Å². The third kappa shape index (κ3) is 2.29. The number of aromatic amines is 1. The van der Waals surface area contributed by atoms with Crippen LogP contribution in [0.4, 0.5) is 10.5 Å². The van der Waals surface area contributed by atoms with Crippen molar-refractivity contribution in [3.8, 4) is 11.3 Å². The number of carbonyl (C=O) groups excluding carboxylic acids is 1. The van der Waals surface area contributed by atoms with Gasteiger partial charge in [-0.3, -0.25) is 20.4 Å². The molecule has 26 heavy (non-hydrogen) atoms. The summed E-state index contributed by atoms with van der Waals surface area (Å²) in [5, 5.41) is 11.2. The van der Waals surface area contributed by atoms with Gasteiger partial charge in [-0.1, -0.05) is 0 Å². The summed E-state index contributed by atoms with van der Waals surface area (Å²) in [6.07, 6.45) is 5.86. The van der Waals surface area contributed by atoms with E-state index in [1.165, 1.54) is 0 Å². The highest BCUT2D eigenvalue weighted by molar-refractivity contribution is 5.99. The molecule has 7 heteroatoms. The predicted molar refractivity (Wildman–Crippen MR) is 95.5 cm³/mol. The van der Waals surface area contributed by atoms with Crippen molar-refractivity contribution >= 4 is 22.7 Å². The monoisotopic (exact) mass is 343 g/mol. The molecule has 2 N–H and O–H groups in total. The maximum atomic E-state index is 12.0. The van der Waals surface area contributed by atoms with Crippen LogP contribution in [-0.2, 0) is 4.74 Å². The van der Waals surface area contributed by atoms with E-state index in [1.807, 2.05) is 36.4 Å². The lowest BCUT2D eigenvalue weighted by molar-refractivity contribution is 0.126. The second-order valence-electron chi connectivity index (χ2n) is 5.98. The normalized spacial score (nSPS) is 16.0. The Morgan fingerprint density at radius 3 is 2.46 bits per heavy atom. The second kappa shape index (κ2) is 5.66. The van der Waals surface area contributed by atoms with Gasteiger partial charge < -0.3 is 4.74 Å². The number of amides is 1. The zero-order valence-corrected chi connectivity index (χ0v) is 13.5. The van der Waals surface area contributed by atoms with Crippen LogP contribution in [-0.4, -0.2) is 26.3 Å². The van der Waals surface area contributed by atoms with Gasteiger partial charge in [-0.2, -0.15) is 5.10 Å². The van der Waals surface area contributed by atoms with E-state index in [0.29, 0.717) is 5.69 Å². The molecule has 1 amide bonds. The van der Waals surface area contributed by atoms with Crippen LogP contribution in [0.25, 0.3) is 22.2 Å². The minimum Gasteiger partial charge on any atom is -0.436 e. The molecule has 0 saturated heterocycles. The molecular weight excluding hydrogens is 330 g/mol. The van der Waals surface area contributed by atoms with E-state index in [9.17, 15) is 4.79 Å². The first-order valence-electron chi connectivity index (χ1n) is 8.09. The van der Waals surface area contributed by atoms with Crippen LogP contribution in [0.3, 0.4) is 0 Å². The first-order chi connectivity index (χ1) is 12.8. The van der Waals surface area contributed by atoms with Crippen molar-refractivity contribution in [2.24, 2.45) is 0 Å². The summed E-state index contributed by atoms with van der Waals surface area (Å²) in [6.45, 7) is 0. The smallest absolute Gasteiger partial charge is 0.412 e. The van der Waals surface area contributed by atoms with Crippen LogP contribution >= 0.6 is 0 Å². The molecule has 0 spiro atoms. The third-order valence-electron chi connectivity index (χ3n) is 4.44. The number of carbonyl (C=O) groups is 1. The summed E-state index contributed by atoms with van der Waals surface area (Å²) in [6, 6.07) is 11.4. The number of H-pyrrole nitrogens is 1. The van der Waals surface area contributed by atoms with E-state index in [1.54, 1.807) is 24.8 Å². The summed E-state index contributed by atoms with van der Waals surface area (Å²) in [5.41, 5.74) is 5.08. The number of rotatable bonds is 2. The quantitative estimate of drug-likeness (QED) is 0.579. The molecule has 0 bridgehead atoms. The van der Waals surface area contributed by atoms with E-state index in [0.717, 1.165) is 33.3 Å². The van der Waals surface area contributed by atoms with Gasteiger partial charge in [0.2, 0.25) is 0 Å². The minimum atomic E-state index is -0.494. The Hall–Kier alpha value is -3.74. The highest BCUT2D eigenvalue weighted by Gasteiger charge is 2.29. The highest BCUT2D eigenvalue weighted by Crippen LogP contribution is 2.39. The van der Waals surface area contributed by atoms with Crippen LogP contribution in [0.5, 0.6) is 0 Å². The number of nitrogens with one attached hydrogen (secondary N) is 2. The van der Waals surface area contributed by atoms with Gasteiger partial charge in [0.05, 0.1) is 11.2 Å². The molecule has 4 aromatic rings. The van der Waals surface area contributed by atoms with Crippen LogP contribution in [0, 0.1) is 0 Å². The average molecular weight is 343 g/mol. The van der Waals surface area contributed by atoms with Crippen molar-refractivity contribution in [3.63, 3.8) is 0 Å². The summed E-state index contributed by atoms with van der Waals surface area (Å²) < 4.78 is 5.55. The minimum absolute atomic E-state index is 0.479. The Bertz CT molecular complexity index is 1110. The fourth-order valence-electron chi connectivity index (χ4n) is 3.23. The van der Waals surface area contributed by atoms with Crippen LogP contribution < -0.4 is 5.32 Å². The lowest BCUT2D eigenvalue weighted by Gasteiger charge is -2.26. The maximum Gasteiger partial charge on any atom is 0.412 e. The van der Waals surface area contributed by atoms with E-state index in [-0.39, 0.29) is 0 Å². The molecular formula is C19H13N5O2. The Morgan fingerprint density at radius 2 is 1.69 bits per heavy atom. The Labute approximate surface area is 148 Å². The molecule has 1 aromatic carbocycles. The number of nitrogens with zero attached hydrogens (tertiary/aromatic N) is 3. The number of anilines is 1. The molecule has 3 aromatic heterocycles. The lowest BCUT2D eigenvalue weighted by atomic mass is 9.96. The number of hydrogen-bond acceptors (Lipinski definition) is 5. The second-order valence-corrected chi connectivity index (χ2v) is 5.98. The Morgan fingerprint density at radius 1 is 0.962 bits per heavy atom. The number of pyridine rings is 2. The molecule has 0 saturated carbocycles. The van der Waals surface area contributed by atoms with Gasteiger partial charge in [0.15, 0.2) is 6.10 Å². The molecule has 1 unspecified atom stereocenters. The van der Waals surface area contributed by atoms with E-state index < -0.39 is 12.2 Å². The fourth-order valence-corrected chi connectivity index (χ4v) is 3.23. The van der Waals surface area contributed by atoms with Crippen LogP contribution in [0.2, 0.25) is 0 Å². The number of ether oxygens (including phenoxy) is 1. The summed E-state index contributed by atoms with van der Waals surface area (Å²) in [7, 11) is 0. The van der Waals surface area contributed by atoms with Crippen LogP contribution in [0.15, 0.2) is 61.2 Å². The zero-order valence-electron chi connectivity index (χ0n) is 13.5. The van der Waals surface area contributed by atoms with Crippen molar-refractivity contribution in [2.75, 3.05) is 5.32 Å². The molecule has 0 fully saturated rings. The molecule has 1 atom stereocenters. The van der Waals surface area contributed by atoms with Gasteiger partial charge in [-0.15, -0.1) is 0 Å². The number of cyclic esters (lactones) is 1. The average Bonchev–Trinajstić information content (AvgIpc) is 3.10. The standard InChI is InChI=1S/C19H13N5O2/c25-19-22-15-10-16-13(17(24-23-16)11-1-5-20-6-2-11)9-14(15)18(26-19)12-3-7-21-8-4-12/h1-10,18H,(H,22,25)(H,23,24). The van der Waals surface area contributed by atoms with Gasteiger partial charge in [0, 0.05) is 46.9 Å². The zero-order chi connectivity index (χ0) is 17.5. The van der Waals surface area contributed by atoms with Gasteiger partial charge in [0.25, 0.3) is 0 Å². The van der Waals surface area contributed by atoms with E-state index in [2.05, 4.69) is 25.5 Å². The van der Waals surface area contributed by atoms with Gasteiger partial charge in [-0.25, -0.2) is 4.79 Å². The van der Waals surface area contributed by atoms with Crippen molar-refractivity contribution in [2.45, 2.75) is 6.10 Å². The molecule has 7 nitrogen and oxygen atoms in total. The van der Waals surface area contributed by atoms with Crippen molar-refractivity contribution in [1.82, 2.24) is 20.2 Å². The molecule has 0 aliphatic carbocycles. The first kappa shape index (κ1) is 14.6. The molecule has 4 heterocycles. The molecule has 5 rings (SSSR count). The summed E-state index contributed by atoms with van der Waals surface area (Å²) >= 11 is 0. The van der Waals surface area contributed by atoms with Gasteiger partial charge in [-0.05, 0) is 36.4 Å². The molecule has 1 aliphatic rings. The SMILES string of the molecule is O=C1Nc2cc3[nH]nc(-c4ccncc4)c3cc2C(c2ccncc2)O1. The fraction of sp³-hybridized carbons (Fsp3) is 0.0526. The number of aromatic nitrogens is 4. The lowest BCUT2D eigenvalue weighted by Crippen LogP contribution is -2.25. The van der Waals surface area contributed by atoms with Crippen molar-refractivity contribution in [1.29, 1.82) is 0 Å². The topological polar surface area (TPSA) is 92.8 Å². The van der Waals surface area contributed by atoms with E-state index >= 15 is 0 Å². The third-order valence-corrected chi connectivity index (χ3v) is 4.44. The predicted octanol–water partition coefficient (Wildman–Crippen LogP) is 3.67. The van der Waals surface area contributed by atoms with Crippen LogP contribution in [0.1, 0.15) is 17.2 Å². The largest absolute Gasteiger partial charge is 0.436 e.